The van der Waals surface area contributed by atoms with E-state index in [9.17, 15) is 10.2 Å². The van der Waals surface area contributed by atoms with Gasteiger partial charge in [0.05, 0.1) is 10.9 Å². The molecule has 3 aromatic carbocycles. The number of phenolic OH excluding ortho intramolecular Hbond substituents is 2. The van der Waals surface area contributed by atoms with Crippen molar-refractivity contribution in [3.05, 3.63) is 54.7 Å². The van der Waals surface area contributed by atoms with Gasteiger partial charge in [-0.1, -0.05) is 36.4 Å². The zero-order valence-electron chi connectivity index (χ0n) is 10.5. The van der Waals surface area contributed by atoms with Crippen molar-refractivity contribution in [1.29, 1.82) is 0 Å². The summed E-state index contributed by atoms with van der Waals surface area (Å²) in [4.78, 5) is 4.32. The molecule has 0 radical (unpaired) electrons. The highest BCUT2D eigenvalue weighted by Crippen LogP contribution is 2.37. The highest BCUT2D eigenvalue weighted by molar-refractivity contribution is 6.20. The van der Waals surface area contributed by atoms with Crippen LogP contribution in [-0.2, 0) is 0 Å². The number of aromatic hydroxyl groups is 2. The molecule has 0 saturated heterocycles. The molecule has 0 aliphatic carbocycles. The Kier molecular flexibility index (Phi) is 2.12. The topological polar surface area (TPSA) is 53.4 Å². The molecule has 3 heteroatoms. The van der Waals surface area contributed by atoms with Gasteiger partial charge in [0.2, 0.25) is 0 Å². The third kappa shape index (κ3) is 1.43. The predicted molar refractivity (Wildman–Crippen MR) is 80.1 cm³/mol. The Hall–Kier alpha value is -2.81. The molecule has 0 aliphatic heterocycles. The Bertz CT molecular complexity index is 977. The van der Waals surface area contributed by atoms with Crippen LogP contribution in [0.2, 0.25) is 0 Å². The first-order valence-corrected chi connectivity index (χ1v) is 6.36. The monoisotopic (exact) mass is 261 g/mol. The number of hydrogen-bond acceptors (Lipinski definition) is 3. The lowest BCUT2D eigenvalue weighted by Crippen LogP contribution is -1.85. The van der Waals surface area contributed by atoms with Crippen LogP contribution in [0.3, 0.4) is 0 Å². The number of rotatable bonds is 0. The number of benzene rings is 3. The molecule has 2 N–H and O–H groups in total. The minimum Gasteiger partial charge on any atom is -0.508 e. The van der Waals surface area contributed by atoms with Crippen molar-refractivity contribution in [3.63, 3.8) is 0 Å². The quantitative estimate of drug-likeness (QED) is 0.471. The molecular formula is C17H11NO2. The first-order chi connectivity index (χ1) is 9.74. The van der Waals surface area contributed by atoms with Crippen molar-refractivity contribution in [2.75, 3.05) is 0 Å². The van der Waals surface area contributed by atoms with Crippen molar-refractivity contribution in [2.45, 2.75) is 0 Å². The summed E-state index contributed by atoms with van der Waals surface area (Å²) in [6, 6.07) is 15.0. The summed E-state index contributed by atoms with van der Waals surface area (Å²) in [5.74, 6) is 0.0662. The molecule has 4 rings (SSSR count). The van der Waals surface area contributed by atoms with Crippen LogP contribution < -0.4 is 0 Å². The van der Waals surface area contributed by atoms with E-state index in [4.69, 9.17) is 0 Å². The number of hydrogen-bond donors (Lipinski definition) is 2. The lowest BCUT2D eigenvalue weighted by molar-refractivity contribution is 0.455. The maximum Gasteiger partial charge on any atom is 0.129 e. The summed E-state index contributed by atoms with van der Waals surface area (Å²) in [5.41, 5.74) is 0.589. The molecule has 4 aromatic rings. The molecule has 0 bridgehead atoms. The molecule has 3 nitrogen and oxygen atoms in total. The van der Waals surface area contributed by atoms with Crippen LogP contribution in [0.1, 0.15) is 0 Å². The lowest BCUT2D eigenvalue weighted by atomic mass is 9.99. The average molecular weight is 261 g/mol. The zero-order valence-corrected chi connectivity index (χ0v) is 10.5. The van der Waals surface area contributed by atoms with Crippen LogP contribution in [-0.4, -0.2) is 15.2 Å². The van der Waals surface area contributed by atoms with Crippen LogP contribution in [0.15, 0.2) is 54.7 Å². The normalized spacial score (nSPS) is 11.4. The molecule has 0 fully saturated rings. The van der Waals surface area contributed by atoms with Crippen LogP contribution >= 0.6 is 0 Å². The summed E-state index contributed by atoms with van der Waals surface area (Å²) < 4.78 is 0. The van der Waals surface area contributed by atoms with Crippen molar-refractivity contribution < 1.29 is 10.2 Å². The first-order valence-electron chi connectivity index (χ1n) is 6.36. The standard InChI is InChI=1S/C17H11NO2/c19-12-7-14-17(15(20)8-12)16-11(9-18-14)6-5-10-3-1-2-4-13(10)16/h1-9,19-20H. The number of pyridine rings is 1. The Balaban J connectivity index is 2.37. The van der Waals surface area contributed by atoms with Crippen molar-refractivity contribution in [2.24, 2.45) is 0 Å². The van der Waals surface area contributed by atoms with Gasteiger partial charge in [0.1, 0.15) is 11.5 Å². The molecule has 0 aliphatic rings. The van der Waals surface area contributed by atoms with Gasteiger partial charge < -0.3 is 10.2 Å². The van der Waals surface area contributed by atoms with Crippen LogP contribution in [0.25, 0.3) is 32.4 Å². The molecule has 1 aromatic heterocycles. The minimum atomic E-state index is 0.0158. The van der Waals surface area contributed by atoms with Gasteiger partial charge in [-0.2, -0.15) is 0 Å². The summed E-state index contributed by atoms with van der Waals surface area (Å²) >= 11 is 0. The summed E-state index contributed by atoms with van der Waals surface area (Å²) in [6.45, 7) is 0. The number of fused-ring (bicyclic) bond motifs is 5. The molecule has 0 saturated carbocycles. The third-order valence-electron chi connectivity index (χ3n) is 3.64. The van der Waals surface area contributed by atoms with Gasteiger partial charge in [-0.15, -0.1) is 0 Å². The van der Waals surface area contributed by atoms with E-state index in [1.54, 1.807) is 12.3 Å². The smallest absolute Gasteiger partial charge is 0.129 e. The van der Waals surface area contributed by atoms with Crippen LogP contribution in [0.5, 0.6) is 11.5 Å². The Morgan fingerprint density at radius 2 is 1.60 bits per heavy atom. The zero-order chi connectivity index (χ0) is 13.7. The van der Waals surface area contributed by atoms with Gasteiger partial charge >= 0.3 is 0 Å². The van der Waals surface area contributed by atoms with E-state index in [1.165, 1.54) is 6.07 Å². The van der Waals surface area contributed by atoms with Crippen LogP contribution in [0.4, 0.5) is 0 Å². The van der Waals surface area contributed by atoms with E-state index in [2.05, 4.69) is 4.98 Å². The Morgan fingerprint density at radius 1 is 0.800 bits per heavy atom. The fourth-order valence-electron chi connectivity index (χ4n) is 2.77. The molecule has 0 atom stereocenters. The van der Waals surface area contributed by atoms with Crippen LogP contribution in [0, 0.1) is 0 Å². The highest BCUT2D eigenvalue weighted by Gasteiger charge is 2.10. The Morgan fingerprint density at radius 3 is 2.50 bits per heavy atom. The predicted octanol–water partition coefficient (Wildman–Crippen LogP) is 3.95. The average Bonchev–Trinajstić information content (AvgIpc) is 2.46. The second-order valence-corrected chi connectivity index (χ2v) is 4.87. The van der Waals surface area contributed by atoms with E-state index in [0.717, 1.165) is 21.5 Å². The highest BCUT2D eigenvalue weighted by atomic mass is 16.3. The number of nitrogens with zero attached hydrogens (tertiary/aromatic N) is 1. The maximum absolute atomic E-state index is 10.2. The molecule has 0 amide bonds. The third-order valence-corrected chi connectivity index (χ3v) is 3.64. The summed E-state index contributed by atoms with van der Waals surface area (Å²) in [6.07, 6.45) is 1.77. The SMILES string of the molecule is Oc1cc(O)c2c(c1)ncc1ccc3ccccc3c12. The number of phenols is 2. The second kappa shape index (κ2) is 3.84. The van der Waals surface area contributed by atoms with Crippen molar-refractivity contribution >= 4 is 32.4 Å². The van der Waals surface area contributed by atoms with Gasteiger partial charge in [-0.25, -0.2) is 0 Å². The summed E-state index contributed by atoms with van der Waals surface area (Å²) in [5, 5.41) is 24.6. The first kappa shape index (κ1) is 11.1. The van der Waals surface area contributed by atoms with Gasteiger partial charge in [0.25, 0.3) is 0 Å². The van der Waals surface area contributed by atoms with Gasteiger partial charge in [0.15, 0.2) is 0 Å². The molecule has 0 unspecified atom stereocenters. The maximum atomic E-state index is 10.2. The minimum absolute atomic E-state index is 0.0158. The summed E-state index contributed by atoms with van der Waals surface area (Å²) in [7, 11) is 0. The molecular weight excluding hydrogens is 250 g/mol. The van der Waals surface area contributed by atoms with Gasteiger partial charge in [-0.3, -0.25) is 4.98 Å². The van der Waals surface area contributed by atoms with Crippen molar-refractivity contribution in [1.82, 2.24) is 4.98 Å². The fourth-order valence-corrected chi connectivity index (χ4v) is 2.77. The number of aromatic nitrogens is 1. The van der Waals surface area contributed by atoms with E-state index < -0.39 is 0 Å². The molecule has 96 valence electrons. The fraction of sp³-hybridized carbons (Fsp3) is 0. The largest absolute Gasteiger partial charge is 0.508 e. The van der Waals surface area contributed by atoms with Gasteiger partial charge in [0, 0.05) is 29.1 Å². The van der Waals surface area contributed by atoms with E-state index in [1.807, 2.05) is 36.4 Å². The lowest BCUT2D eigenvalue weighted by Gasteiger charge is -2.09. The molecule has 1 heterocycles. The molecule has 0 spiro atoms. The second-order valence-electron chi connectivity index (χ2n) is 4.87. The van der Waals surface area contributed by atoms with Gasteiger partial charge in [-0.05, 0) is 10.8 Å². The Labute approximate surface area is 114 Å². The van der Waals surface area contributed by atoms with E-state index >= 15 is 0 Å². The van der Waals surface area contributed by atoms with E-state index in [0.29, 0.717) is 10.9 Å². The molecule has 20 heavy (non-hydrogen) atoms. The van der Waals surface area contributed by atoms with E-state index in [-0.39, 0.29) is 11.5 Å². The van der Waals surface area contributed by atoms with Crippen molar-refractivity contribution in [3.8, 4) is 11.5 Å².